The number of nitrogens with two attached hydrogens (primary N) is 1. The van der Waals surface area contributed by atoms with E-state index in [1.165, 1.54) is 18.2 Å². The molecule has 4 nitrogen and oxygen atoms in total. The Labute approximate surface area is 111 Å². The predicted octanol–water partition coefficient (Wildman–Crippen LogP) is 2.01. The van der Waals surface area contributed by atoms with Gasteiger partial charge in [-0.3, -0.25) is 0 Å². The minimum atomic E-state index is -3.60. The second-order valence-electron chi connectivity index (χ2n) is 3.74. The molecular formula is C10H14Cl2N2O2S. The fourth-order valence-corrected chi connectivity index (χ4v) is 3.01. The van der Waals surface area contributed by atoms with Gasteiger partial charge in [0.2, 0.25) is 10.0 Å². The van der Waals surface area contributed by atoms with E-state index in [-0.39, 0.29) is 22.5 Å². The van der Waals surface area contributed by atoms with Crippen LogP contribution in [0.2, 0.25) is 10.0 Å². The topological polar surface area (TPSA) is 72.2 Å². The fourth-order valence-electron chi connectivity index (χ4n) is 1.19. The van der Waals surface area contributed by atoms with E-state index >= 15 is 0 Å². The summed E-state index contributed by atoms with van der Waals surface area (Å²) < 4.78 is 26.2. The second-order valence-corrected chi connectivity index (χ2v) is 6.32. The lowest BCUT2D eigenvalue weighted by Crippen LogP contribution is -2.29. The van der Waals surface area contributed by atoms with E-state index in [4.69, 9.17) is 28.9 Å². The van der Waals surface area contributed by atoms with Crippen molar-refractivity contribution in [3.8, 4) is 0 Å². The van der Waals surface area contributed by atoms with Gasteiger partial charge in [-0.15, -0.1) is 0 Å². The van der Waals surface area contributed by atoms with Crippen molar-refractivity contribution in [3.63, 3.8) is 0 Å². The molecule has 1 rings (SSSR count). The van der Waals surface area contributed by atoms with Crippen LogP contribution in [0.1, 0.15) is 13.3 Å². The number of hydrogen-bond acceptors (Lipinski definition) is 3. The summed E-state index contributed by atoms with van der Waals surface area (Å²) in [5.41, 5.74) is 5.53. The molecule has 0 aliphatic heterocycles. The summed E-state index contributed by atoms with van der Waals surface area (Å²) in [5, 5.41) is 0.496. The zero-order chi connectivity index (χ0) is 13.1. The molecule has 0 fully saturated rings. The molecule has 0 saturated heterocycles. The summed E-state index contributed by atoms with van der Waals surface area (Å²) in [6.45, 7) is 2.09. The van der Waals surface area contributed by atoms with Crippen LogP contribution in [-0.4, -0.2) is 21.0 Å². The van der Waals surface area contributed by atoms with Crippen molar-refractivity contribution >= 4 is 33.2 Å². The lowest BCUT2D eigenvalue weighted by atomic mass is 10.3. The highest BCUT2D eigenvalue weighted by Gasteiger charge is 2.17. The molecule has 0 bridgehead atoms. The van der Waals surface area contributed by atoms with Crippen molar-refractivity contribution in [3.05, 3.63) is 28.2 Å². The summed E-state index contributed by atoms with van der Waals surface area (Å²) in [6, 6.07) is 4.19. The predicted molar refractivity (Wildman–Crippen MR) is 69.9 cm³/mol. The van der Waals surface area contributed by atoms with Gasteiger partial charge in [-0.2, -0.15) is 0 Å². The summed E-state index contributed by atoms with van der Waals surface area (Å²) >= 11 is 11.5. The highest BCUT2D eigenvalue weighted by atomic mass is 35.5. The highest BCUT2D eigenvalue weighted by Crippen LogP contribution is 2.24. The quantitative estimate of drug-likeness (QED) is 0.873. The standard InChI is InChI=1S/C10H14Cl2N2O2S/c1-7(13)4-5-14-17(15,16)10-3-2-8(11)6-9(10)12/h2-3,6-7,14H,4-5,13H2,1H3. The normalized spacial score (nSPS) is 13.6. The summed E-state index contributed by atoms with van der Waals surface area (Å²) in [7, 11) is -3.60. The molecule has 7 heteroatoms. The van der Waals surface area contributed by atoms with Gasteiger partial charge in [0.15, 0.2) is 0 Å². The molecule has 1 aromatic carbocycles. The Morgan fingerprint density at radius 1 is 1.41 bits per heavy atom. The molecular weight excluding hydrogens is 283 g/mol. The van der Waals surface area contributed by atoms with E-state index < -0.39 is 10.0 Å². The first-order valence-corrected chi connectivity index (χ1v) is 7.27. The average Bonchev–Trinajstić information content (AvgIpc) is 2.15. The van der Waals surface area contributed by atoms with Crippen LogP contribution in [0.15, 0.2) is 23.1 Å². The van der Waals surface area contributed by atoms with Gasteiger partial charge in [0.05, 0.1) is 5.02 Å². The number of benzene rings is 1. The minimum Gasteiger partial charge on any atom is -0.328 e. The Balaban J connectivity index is 2.83. The van der Waals surface area contributed by atoms with E-state index in [0.29, 0.717) is 11.4 Å². The monoisotopic (exact) mass is 296 g/mol. The molecule has 0 aliphatic rings. The molecule has 0 radical (unpaired) electrons. The van der Waals surface area contributed by atoms with Crippen LogP contribution < -0.4 is 10.5 Å². The van der Waals surface area contributed by atoms with Crippen LogP contribution in [0.3, 0.4) is 0 Å². The number of halogens is 2. The van der Waals surface area contributed by atoms with Crippen molar-refractivity contribution in [1.29, 1.82) is 0 Å². The Morgan fingerprint density at radius 3 is 2.59 bits per heavy atom. The van der Waals surface area contributed by atoms with E-state index in [2.05, 4.69) is 4.72 Å². The van der Waals surface area contributed by atoms with Crippen LogP contribution in [0, 0.1) is 0 Å². The van der Waals surface area contributed by atoms with Gasteiger partial charge in [-0.1, -0.05) is 23.2 Å². The van der Waals surface area contributed by atoms with E-state index in [9.17, 15) is 8.42 Å². The van der Waals surface area contributed by atoms with Crippen molar-refractivity contribution in [1.82, 2.24) is 4.72 Å². The maximum atomic E-state index is 11.9. The largest absolute Gasteiger partial charge is 0.328 e. The van der Waals surface area contributed by atoms with Gasteiger partial charge in [-0.05, 0) is 31.5 Å². The molecule has 1 unspecified atom stereocenters. The lowest BCUT2D eigenvalue weighted by Gasteiger charge is -2.09. The van der Waals surface area contributed by atoms with E-state index in [1.807, 2.05) is 6.92 Å². The van der Waals surface area contributed by atoms with Crippen molar-refractivity contribution in [2.45, 2.75) is 24.3 Å². The maximum absolute atomic E-state index is 11.9. The molecule has 0 saturated carbocycles. The maximum Gasteiger partial charge on any atom is 0.242 e. The molecule has 3 N–H and O–H groups in total. The van der Waals surface area contributed by atoms with Crippen LogP contribution in [0.5, 0.6) is 0 Å². The van der Waals surface area contributed by atoms with Gasteiger partial charge < -0.3 is 5.73 Å². The number of nitrogens with one attached hydrogen (secondary N) is 1. The third kappa shape index (κ3) is 4.44. The Kier molecular flexibility index (Phi) is 5.22. The fraction of sp³-hybridized carbons (Fsp3) is 0.400. The van der Waals surface area contributed by atoms with Crippen molar-refractivity contribution < 1.29 is 8.42 Å². The third-order valence-corrected chi connectivity index (χ3v) is 4.25. The SMILES string of the molecule is CC(N)CCNS(=O)(=O)c1ccc(Cl)cc1Cl. The number of hydrogen-bond donors (Lipinski definition) is 2. The first kappa shape index (κ1) is 14.7. The number of rotatable bonds is 5. The molecule has 1 atom stereocenters. The second kappa shape index (κ2) is 6.02. The van der Waals surface area contributed by atoms with E-state index in [0.717, 1.165) is 0 Å². The summed E-state index contributed by atoms with van der Waals surface area (Å²) in [6.07, 6.45) is 0.560. The van der Waals surface area contributed by atoms with Crippen LogP contribution >= 0.6 is 23.2 Å². The molecule has 96 valence electrons. The molecule has 1 aromatic rings. The average molecular weight is 297 g/mol. The molecule has 0 amide bonds. The minimum absolute atomic E-state index is 0.0215. The first-order valence-electron chi connectivity index (χ1n) is 5.03. The Morgan fingerprint density at radius 2 is 2.06 bits per heavy atom. The lowest BCUT2D eigenvalue weighted by molar-refractivity contribution is 0.572. The Bertz CT molecular complexity index is 489. The molecule has 0 aliphatic carbocycles. The van der Waals surface area contributed by atoms with Crippen molar-refractivity contribution in [2.24, 2.45) is 5.73 Å². The van der Waals surface area contributed by atoms with E-state index in [1.54, 1.807) is 0 Å². The van der Waals surface area contributed by atoms with Crippen molar-refractivity contribution in [2.75, 3.05) is 6.54 Å². The van der Waals surface area contributed by atoms with Gasteiger partial charge in [-0.25, -0.2) is 13.1 Å². The van der Waals surface area contributed by atoms with Crippen LogP contribution in [0.4, 0.5) is 0 Å². The summed E-state index contributed by atoms with van der Waals surface area (Å²) in [4.78, 5) is 0.0215. The van der Waals surface area contributed by atoms with Crippen LogP contribution in [0.25, 0.3) is 0 Å². The molecule has 0 spiro atoms. The summed E-state index contributed by atoms with van der Waals surface area (Å²) in [5.74, 6) is 0. The first-order chi connectivity index (χ1) is 7.83. The smallest absolute Gasteiger partial charge is 0.242 e. The molecule has 0 heterocycles. The zero-order valence-corrected chi connectivity index (χ0v) is 11.6. The molecule has 17 heavy (non-hydrogen) atoms. The van der Waals surface area contributed by atoms with Gasteiger partial charge in [0, 0.05) is 17.6 Å². The Hall–Kier alpha value is -0.330. The number of sulfonamides is 1. The van der Waals surface area contributed by atoms with Gasteiger partial charge >= 0.3 is 0 Å². The van der Waals surface area contributed by atoms with Gasteiger partial charge in [0.1, 0.15) is 4.90 Å². The van der Waals surface area contributed by atoms with Gasteiger partial charge in [0.25, 0.3) is 0 Å². The highest BCUT2D eigenvalue weighted by molar-refractivity contribution is 7.89. The van der Waals surface area contributed by atoms with Crippen LogP contribution in [-0.2, 0) is 10.0 Å². The zero-order valence-electron chi connectivity index (χ0n) is 9.28. The molecule has 0 aromatic heterocycles. The third-order valence-electron chi connectivity index (χ3n) is 2.08.